The van der Waals surface area contributed by atoms with E-state index in [4.69, 9.17) is 0 Å². The summed E-state index contributed by atoms with van der Waals surface area (Å²) in [4.78, 5) is 4.52. The molecule has 0 aliphatic heterocycles. The average molecular weight is 343 g/mol. The molecule has 6 atom stereocenters. The van der Waals surface area contributed by atoms with Crippen molar-refractivity contribution in [2.24, 2.45) is 44.6 Å². The molecule has 3 fully saturated rings. The lowest BCUT2D eigenvalue weighted by Crippen LogP contribution is -2.53. The van der Waals surface area contributed by atoms with Gasteiger partial charge in [0.1, 0.15) is 0 Å². The number of nitrogens with zero attached hydrogens (tertiary/aromatic N) is 2. The van der Waals surface area contributed by atoms with E-state index >= 15 is 0 Å². The number of oxime groups is 1. The molecular formula is C22H34N2O. The Morgan fingerprint density at radius 3 is 2.68 bits per heavy atom. The quantitative estimate of drug-likeness (QED) is 0.382. The van der Waals surface area contributed by atoms with Crippen molar-refractivity contribution in [2.75, 3.05) is 7.05 Å². The van der Waals surface area contributed by atoms with Crippen LogP contribution in [-0.2, 0) is 0 Å². The molecular weight excluding hydrogens is 308 g/mol. The zero-order chi connectivity index (χ0) is 17.8. The molecule has 4 rings (SSSR count). The van der Waals surface area contributed by atoms with Crippen LogP contribution in [0.4, 0.5) is 0 Å². The minimum Gasteiger partial charge on any atom is -0.411 e. The maximum absolute atomic E-state index is 9.23. The fourth-order valence-corrected chi connectivity index (χ4v) is 7.40. The molecule has 3 unspecified atom stereocenters. The summed E-state index contributed by atoms with van der Waals surface area (Å²) in [7, 11) is 1.94. The van der Waals surface area contributed by atoms with E-state index in [0.29, 0.717) is 10.8 Å². The number of aliphatic imine (C=N–C) groups is 1. The third-order valence-electron chi connectivity index (χ3n) is 8.95. The summed E-state index contributed by atoms with van der Waals surface area (Å²) in [5, 5.41) is 12.8. The third kappa shape index (κ3) is 2.37. The fourth-order valence-electron chi connectivity index (χ4n) is 7.40. The molecule has 25 heavy (non-hydrogen) atoms. The Kier molecular flexibility index (Phi) is 4.12. The van der Waals surface area contributed by atoms with E-state index < -0.39 is 0 Å². The normalized spacial score (nSPS) is 48.6. The van der Waals surface area contributed by atoms with E-state index in [2.05, 4.69) is 37.0 Å². The maximum Gasteiger partial charge on any atom is 0.0574 e. The Labute approximate surface area is 152 Å². The van der Waals surface area contributed by atoms with Gasteiger partial charge in [0.05, 0.1) is 5.71 Å². The van der Waals surface area contributed by atoms with Gasteiger partial charge >= 0.3 is 0 Å². The van der Waals surface area contributed by atoms with Gasteiger partial charge in [0, 0.05) is 12.8 Å². The molecule has 4 aliphatic carbocycles. The van der Waals surface area contributed by atoms with Gasteiger partial charge in [0.2, 0.25) is 0 Å². The first-order valence-electron chi connectivity index (χ1n) is 10.3. The molecule has 0 heterocycles. The van der Waals surface area contributed by atoms with Crippen LogP contribution in [-0.4, -0.2) is 23.7 Å². The molecule has 0 aromatic rings. The van der Waals surface area contributed by atoms with Crippen molar-refractivity contribution in [1.29, 1.82) is 0 Å². The molecule has 0 amide bonds. The van der Waals surface area contributed by atoms with Crippen LogP contribution in [0.25, 0.3) is 0 Å². The summed E-state index contributed by atoms with van der Waals surface area (Å²) in [5.41, 5.74) is 4.64. The highest BCUT2D eigenvalue weighted by Crippen LogP contribution is 2.66. The monoisotopic (exact) mass is 342 g/mol. The smallest absolute Gasteiger partial charge is 0.0574 e. The number of hydrogen-bond acceptors (Lipinski definition) is 3. The van der Waals surface area contributed by atoms with Crippen LogP contribution in [0.15, 0.2) is 21.8 Å². The second-order valence-electron chi connectivity index (χ2n) is 9.65. The second kappa shape index (κ2) is 5.96. The largest absolute Gasteiger partial charge is 0.411 e. The number of fused-ring (bicyclic) bond motifs is 5. The van der Waals surface area contributed by atoms with Crippen LogP contribution in [0.1, 0.15) is 72.1 Å². The molecule has 0 spiro atoms. The summed E-state index contributed by atoms with van der Waals surface area (Å²) in [6.07, 6.45) is 12.4. The molecule has 0 saturated heterocycles. The number of hydrogen-bond donors (Lipinski definition) is 1. The van der Waals surface area contributed by atoms with Crippen molar-refractivity contribution in [3.63, 3.8) is 0 Å². The second-order valence-corrected chi connectivity index (χ2v) is 9.65. The highest BCUT2D eigenvalue weighted by molar-refractivity contribution is 5.99. The van der Waals surface area contributed by atoms with Crippen molar-refractivity contribution in [1.82, 2.24) is 0 Å². The summed E-state index contributed by atoms with van der Waals surface area (Å²) < 4.78 is 0. The summed E-state index contributed by atoms with van der Waals surface area (Å²) >= 11 is 0. The Hall–Kier alpha value is -1.12. The fraction of sp³-hybridized carbons (Fsp3) is 0.818. The first kappa shape index (κ1) is 17.3. The van der Waals surface area contributed by atoms with Gasteiger partial charge in [-0.3, -0.25) is 4.99 Å². The van der Waals surface area contributed by atoms with Crippen LogP contribution >= 0.6 is 0 Å². The lowest BCUT2D eigenvalue weighted by Gasteiger charge is -2.60. The topological polar surface area (TPSA) is 45.0 Å². The summed E-state index contributed by atoms with van der Waals surface area (Å²) in [6, 6.07) is 0. The first-order valence-corrected chi connectivity index (χ1v) is 10.3. The summed E-state index contributed by atoms with van der Waals surface area (Å²) in [6.45, 7) is 7.28. The summed E-state index contributed by atoms with van der Waals surface area (Å²) in [5.74, 6) is 3.26. The van der Waals surface area contributed by atoms with Crippen LogP contribution in [0.5, 0.6) is 0 Å². The maximum atomic E-state index is 9.23. The Bertz CT molecular complexity index is 648. The molecule has 4 aliphatic rings. The molecule has 0 radical (unpaired) electrons. The van der Waals surface area contributed by atoms with Gasteiger partial charge in [-0.25, -0.2) is 0 Å². The Morgan fingerprint density at radius 1 is 1.16 bits per heavy atom. The third-order valence-corrected chi connectivity index (χ3v) is 8.95. The number of allylic oxidation sites excluding steroid dienone is 2. The number of rotatable bonds is 1. The van der Waals surface area contributed by atoms with Crippen LogP contribution in [0.2, 0.25) is 0 Å². The van der Waals surface area contributed by atoms with E-state index in [9.17, 15) is 5.21 Å². The average Bonchev–Trinajstić information content (AvgIpc) is 2.97. The van der Waals surface area contributed by atoms with Gasteiger partial charge in [0.25, 0.3) is 0 Å². The van der Waals surface area contributed by atoms with Gasteiger partial charge < -0.3 is 5.21 Å². The zero-order valence-electron chi connectivity index (χ0n) is 16.4. The lowest BCUT2D eigenvalue weighted by molar-refractivity contribution is -0.0866. The first-order chi connectivity index (χ1) is 11.9. The Morgan fingerprint density at radius 2 is 1.96 bits per heavy atom. The van der Waals surface area contributed by atoms with E-state index in [1.807, 2.05) is 7.05 Å². The van der Waals surface area contributed by atoms with Crippen molar-refractivity contribution in [3.05, 3.63) is 11.6 Å². The lowest BCUT2D eigenvalue weighted by atomic mass is 9.44. The molecule has 0 bridgehead atoms. The van der Waals surface area contributed by atoms with Gasteiger partial charge in [-0.05, 0) is 98.4 Å². The van der Waals surface area contributed by atoms with E-state index in [1.165, 1.54) is 44.2 Å². The predicted octanol–water partition coefficient (Wildman–Crippen LogP) is 5.49. The minimum atomic E-state index is 0.348. The van der Waals surface area contributed by atoms with E-state index in [-0.39, 0.29) is 0 Å². The van der Waals surface area contributed by atoms with Crippen LogP contribution in [0.3, 0.4) is 0 Å². The van der Waals surface area contributed by atoms with Gasteiger partial charge in [-0.1, -0.05) is 25.1 Å². The van der Waals surface area contributed by atoms with Gasteiger partial charge in [0.15, 0.2) is 0 Å². The van der Waals surface area contributed by atoms with Gasteiger partial charge in [-0.2, -0.15) is 0 Å². The molecule has 138 valence electrons. The molecule has 3 nitrogen and oxygen atoms in total. The van der Waals surface area contributed by atoms with Crippen molar-refractivity contribution < 1.29 is 5.21 Å². The zero-order valence-corrected chi connectivity index (χ0v) is 16.4. The molecule has 3 saturated carbocycles. The van der Waals surface area contributed by atoms with Crippen LogP contribution in [0, 0.1) is 34.5 Å². The predicted molar refractivity (Wildman–Crippen MR) is 103 cm³/mol. The molecule has 0 aromatic carbocycles. The molecule has 1 N–H and O–H groups in total. The molecule has 3 heteroatoms. The van der Waals surface area contributed by atoms with E-state index in [1.54, 1.807) is 5.57 Å². The minimum absolute atomic E-state index is 0.348. The Balaban J connectivity index is 1.61. The SMILES string of the molecule is CN=C(C)C1=CCC2C3CC[C@H]4C/C(=N\O)CC[C@]4(C)C3CC[C@]12C. The highest BCUT2D eigenvalue weighted by atomic mass is 16.4. The van der Waals surface area contributed by atoms with Crippen molar-refractivity contribution >= 4 is 11.4 Å². The van der Waals surface area contributed by atoms with Crippen molar-refractivity contribution in [3.8, 4) is 0 Å². The van der Waals surface area contributed by atoms with E-state index in [0.717, 1.165) is 42.2 Å². The van der Waals surface area contributed by atoms with Crippen molar-refractivity contribution in [2.45, 2.75) is 72.1 Å². The van der Waals surface area contributed by atoms with Gasteiger partial charge in [-0.15, -0.1) is 0 Å². The van der Waals surface area contributed by atoms with Crippen LogP contribution < -0.4 is 0 Å². The standard InChI is InChI=1S/C22H34N2O/c1-14(23-4)18-7-8-19-17-6-5-15-13-16(24-25)9-11-21(15,2)20(17)10-12-22(18,19)3/h7,15,17,19-20,25H,5-6,8-13H2,1-4H3/b23-14?,24-16-/t15-,17?,19?,20?,21-,22+/m0/s1. The molecule has 0 aromatic heterocycles. The highest BCUT2D eigenvalue weighted by Gasteiger charge is 2.58.